The van der Waals surface area contributed by atoms with E-state index >= 15 is 0 Å². The standard InChI is InChI=1S/C14H24O2S/c1-9(16-10(2)15)12-13(17-12)11-5-7-14(3,4)8-6-11/h9,11-13H,5-8H2,1-4H3/t9-,12?,13?/m0/s1. The Kier molecular flexibility index (Phi) is 3.77. The van der Waals surface area contributed by atoms with Gasteiger partial charge < -0.3 is 4.74 Å². The zero-order valence-electron chi connectivity index (χ0n) is 11.4. The first kappa shape index (κ1) is 13.3. The molecule has 2 rings (SSSR count). The van der Waals surface area contributed by atoms with E-state index in [1.165, 1.54) is 32.6 Å². The van der Waals surface area contributed by atoms with Crippen molar-refractivity contribution in [3.8, 4) is 0 Å². The fourth-order valence-electron chi connectivity index (χ4n) is 2.97. The van der Waals surface area contributed by atoms with Crippen molar-refractivity contribution in [2.24, 2.45) is 11.3 Å². The largest absolute Gasteiger partial charge is 0.462 e. The molecule has 0 N–H and O–H groups in total. The van der Waals surface area contributed by atoms with Gasteiger partial charge in [0.25, 0.3) is 0 Å². The fourth-order valence-corrected chi connectivity index (χ4v) is 4.46. The molecule has 2 nitrogen and oxygen atoms in total. The predicted molar refractivity (Wildman–Crippen MR) is 72.1 cm³/mol. The van der Waals surface area contributed by atoms with Crippen molar-refractivity contribution < 1.29 is 9.53 Å². The zero-order valence-corrected chi connectivity index (χ0v) is 12.2. The van der Waals surface area contributed by atoms with E-state index in [-0.39, 0.29) is 12.1 Å². The van der Waals surface area contributed by atoms with Crippen molar-refractivity contribution >= 4 is 17.7 Å². The second-order valence-electron chi connectivity index (χ2n) is 6.38. The lowest BCUT2D eigenvalue weighted by Crippen LogP contribution is -2.27. The topological polar surface area (TPSA) is 26.3 Å². The highest BCUT2D eigenvalue weighted by molar-refractivity contribution is 8.07. The predicted octanol–water partition coefficient (Wildman–Crippen LogP) is 3.64. The van der Waals surface area contributed by atoms with Crippen LogP contribution in [0.25, 0.3) is 0 Å². The van der Waals surface area contributed by atoms with Gasteiger partial charge in [0.2, 0.25) is 0 Å². The first-order valence-electron chi connectivity index (χ1n) is 6.72. The van der Waals surface area contributed by atoms with Crippen LogP contribution in [-0.2, 0) is 9.53 Å². The van der Waals surface area contributed by atoms with Gasteiger partial charge in [-0.05, 0) is 43.9 Å². The van der Waals surface area contributed by atoms with Gasteiger partial charge in [0.1, 0.15) is 6.10 Å². The number of thioether (sulfide) groups is 1. The molecule has 0 aromatic carbocycles. The van der Waals surface area contributed by atoms with E-state index in [2.05, 4.69) is 13.8 Å². The van der Waals surface area contributed by atoms with E-state index in [1.807, 2.05) is 18.7 Å². The lowest BCUT2D eigenvalue weighted by atomic mass is 9.72. The van der Waals surface area contributed by atoms with Gasteiger partial charge >= 0.3 is 5.97 Å². The molecular weight excluding hydrogens is 232 g/mol. The Labute approximate surface area is 109 Å². The first-order chi connectivity index (χ1) is 7.89. The minimum atomic E-state index is -0.145. The van der Waals surface area contributed by atoms with Crippen LogP contribution in [0.3, 0.4) is 0 Å². The molecule has 0 radical (unpaired) electrons. The summed E-state index contributed by atoms with van der Waals surface area (Å²) in [5.41, 5.74) is 0.549. The summed E-state index contributed by atoms with van der Waals surface area (Å²) in [5, 5.41) is 1.31. The van der Waals surface area contributed by atoms with E-state index in [1.54, 1.807) is 0 Å². The van der Waals surface area contributed by atoms with Crippen molar-refractivity contribution in [1.82, 2.24) is 0 Å². The zero-order chi connectivity index (χ0) is 12.6. The lowest BCUT2D eigenvalue weighted by molar-refractivity contribution is -0.145. The Morgan fingerprint density at radius 1 is 1.35 bits per heavy atom. The normalized spacial score (nSPS) is 34.1. The number of hydrogen-bond acceptors (Lipinski definition) is 3. The third kappa shape index (κ3) is 3.40. The Morgan fingerprint density at radius 2 is 1.94 bits per heavy atom. The molecule has 1 aliphatic heterocycles. The number of ether oxygens (including phenoxy) is 1. The molecule has 0 bridgehead atoms. The van der Waals surface area contributed by atoms with Crippen LogP contribution in [-0.4, -0.2) is 22.6 Å². The molecule has 3 atom stereocenters. The number of carbonyl (C=O) groups excluding carboxylic acids is 1. The molecule has 98 valence electrons. The van der Waals surface area contributed by atoms with Gasteiger partial charge in [-0.15, -0.1) is 11.8 Å². The first-order valence-corrected chi connectivity index (χ1v) is 7.66. The van der Waals surface area contributed by atoms with Crippen LogP contribution < -0.4 is 0 Å². The quantitative estimate of drug-likeness (QED) is 0.569. The maximum Gasteiger partial charge on any atom is 0.302 e. The second kappa shape index (κ2) is 4.83. The van der Waals surface area contributed by atoms with Crippen LogP contribution in [0.5, 0.6) is 0 Å². The smallest absolute Gasteiger partial charge is 0.302 e. The maximum atomic E-state index is 10.9. The summed E-state index contributed by atoms with van der Waals surface area (Å²) in [6.07, 6.45) is 5.51. The Morgan fingerprint density at radius 3 is 2.47 bits per heavy atom. The highest BCUT2D eigenvalue weighted by Gasteiger charge is 2.49. The van der Waals surface area contributed by atoms with Gasteiger partial charge in [-0.25, -0.2) is 0 Å². The molecule has 0 aromatic heterocycles. The summed E-state index contributed by atoms with van der Waals surface area (Å²) in [6, 6.07) is 0. The highest BCUT2D eigenvalue weighted by atomic mass is 32.2. The van der Waals surface area contributed by atoms with Crippen molar-refractivity contribution in [2.75, 3.05) is 0 Å². The molecule has 17 heavy (non-hydrogen) atoms. The molecule has 1 heterocycles. The van der Waals surface area contributed by atoms with E-state index in [0.29, 0.717) is 10.7 Å². The van der Waals surface area contributed by atoms with Gasteiger partial charge in [-0.3, -0.25) is 4.79 Å². The van der Waals surface area contributed by atoms with Gasteiger partial charge in [0.15, 0.2) is 0 Å². The molecule has 1 saturated carbocycles. The molecule has 3 heteroatoms. The number of esters is 1. The number of rotatable bonds is 3. The lowest BCUT2D eigenvalue weighted by Gasteiger charge is -2.34. The van der Waals surface area contributed by atoms with Crippen LogP contribution in [0.1, 0.15) is 53.4 Å². The van der Waals surface area contributed by atoms with E-state index in [0.717, 1.165) is 11.2 Å². The minimum absolute atomic E-state index is 0.0948. The van der Waals surface area contributed by atoms with E-state index < -0.39 is 0 Å². The van der Waals surface area contributed by atoms with Crippen molar-refractivity contribution in [3.05, 3.63) is 0 Å². The SMILES string of the molecule is CC(=O)O[C@@H](C)C1SC1C1CCC(C)(C)CC1. The van der Waals surface area contributed by atoms with Gasteiger partial charge in [-0.2, -0.15) is 0 Å². The third-order valence-corrected chi connectivity index (χ3v) is 5.89. The van der Waals surface area contributed by atoms with E-state index in [9.17, 15) is 4.79 Å². The molecular formula is C14H24O2S. The molecule has 1 saturated heterocycles. The summed E-state index contributed by atoms with van der Waals surface area (Å²) in [7, 11) is 0. The molecule has 2 unspecified atom stereocenters. The average molecular weight is 256 g/mol. The summed E-state index contributed by atoms with van der Waals surface area (Å²) in [6.45, 7) is 8.29. The molecule has 2 fully saturated rings. The van der Waals surface area contributed by atoms with Gasteiger partial charge in [-0.1, -0.05) is 13.8 Å². The van der Waals surface area contributed by atoms with Gasteiger partial charge in [0, 0.05) is 12.2 Å². The second-order valence-corrected chi connectivity index (χ2v) is 7.74. The van der Waals surface area contributed by atoms with Crippen LogP contribution in [0.2, 0.25) is 0 Å². The summed E-state index contributed by atoms with van der Waals surface area (Å²) in [4.78, 5) is 10.9. The number of carbonyl (C=O) groups is 1. The summed E-state index contributed by atoms with van der Waals surface area (Å²) >= 11 is 2.02. The molecule has 0 amide bonds. The summed E-state index contributed by atoms with van der Waals surface area (Å²) < 4.78 is 5.28. The maximum absolute atomic E-state index is 10.9. The third-order valence-electron chi connectivity index (χ3n) is 4.22. The van der Waals surface area contributed by atoms with Crippen molar-refractivity contribution in [2.45, 2.75) is 70.0 Å². The average Bonchev–Trinajstić information content (AvgIpc) is 2.96. The van der Waals surface area contributed by atoms with Crippen LogP contribution in [0, 0.1) is 11.3 Å². The van der Waals surface area contributed by atoms with Gasteiger partial charge in [0.05, 0.1) is 5.25 Å². The van der Waals surface area contributed by atoms with Crippen LogP contribution in [0.15, 0.2) is 0 Å². The Hall–Kier alpha value is -0.180. The molecule has 1 aliphatic carbocycles. The fraction of sp³-hybridized carbons (Fsp3) is 0.929. The molecule has 0 aromatic rings. The molecule has 2 aliphatic rings. The molecule has 0 spiro atoms. The van der Waals surface area contributed by atoms with Crippen molar-refractivity contribution in [3.63, 3.8) is 0 Å². The van der Waals surface area contributed by atoms with Crippen molar-refractivity contribution in [1.29, 1.82) is 0 Å². The monoisotopic (exact) mass is 256 g/mol. The van der Waals surface area contributed by atoms with Crippen LogP contribution >= 0.6 is 11.8 Å². The Bertz CT molecular complexity index is 291. The Balaban J connectivity index is 1.78. The minimum Gasteiger partial charge on any atom is -0.462 e. The summed E-state index contributed by atoms with van der Waals surface area (Å²) in [5.74, 6) is 0.713. The van der Waals surface area contributed by atoms with E-state index in [4.69, 9.17) is 4.74 Å². The highest BCUT2D eigenvalue weighted by Crippen LogP contribution is 2.54. The van der Waals surface area contributed by atoms with Crippen LogP contribution in [0.4, 0.5) is 0 Å². The number of hydrogen-bond donors (Lipinski definition) is 0.